The zero-order valence-corrected chi connectivity index (χ0v) is 14.6. The molecule has 2 aliphatic rings. The van der Waals surface area contributed by atoms with Gasteiger partial charge >= 0.3 is 0 Å². The fourth-order valence-electron chi connectivity index (χ4n) is 2.93. The van der Waals surface area contributed by atoms with E-state index in [-0.39, 0.29) is 11.8 Å². The lowest BCUT2D eigenvalue weighted by Gasteiger charge is -2.21. The van der Waals surface area contributed by atoms with Crippen molar-refractivity contribution in [3.05, 3.63) is 33.8 Å². The molecule has 3 rings (SSSR count). The largest absolute Gasteiger partial charge is 0.289 e. The van der Waals surface area contributed by atoms with E-state index in [1.54, 1.807) is 17.8 Å². The summed E-state index contributed by atoms with van der Waals surface area (Å²) in [5, 5.41) is 2.13. The van der Waals surface area contributed by atoms with Crippen LogP contribution in [0.5, 0.6) is 0 Å². The van der Waals surface area contributed by atoms with Crippen molar-refractivity contribution in [1.29, 1.82) is 0 Å². The van der Waals surface area contributed by atoms with Crippen LogP contribution in [0.3, 0.4) is 0 Å². The van der Waals surface area contributed by atoms with Crippen molar-refractivity contribution >= 4 is 46.0 Å². The molecule has 0 bridgehead atoms. The third-order valence-corrected chi connectivity index (χ3v) is 5.79. The highest BCUT2D eigenvalue weighted by Gasteiger charge is 2.31. The van der Waals surface area contributed by atoms with Crippen LogP contribution in [0.15, 0.2) is 23.2 Å². The van der Waals surface area contributed by atoms with Gasteiger partial charge in [0.2, 0.25) is 5.91 Å². The molecule has 1 heterocycles. The molecule has 0 N–H and O–H groups in total. The molecule has 0 radical (unpaired) electrons. The highest BCUT2D eigenvalue weighted by molar-refractivity contribution is 8.13. The number of hydrogen-bond acceptors (Lipinski definition) is 3. The minimum Gasteiger partial charge on any atom is -0.289 e. The van der Waals surface area contributed by atoms with Gasteiger partial charge in [-0.3, -0.25) is 14.7 Å². The Hall–Kier alpha value is -0.710. The van der Waals surface area contributed by atoms with Crippen molar-refractivity contribution < 1.29 is 4.79 Å². The van der Waals surface area contributed by atoms with Crippen molar-refractivity contribution in [2.75, 3.05) is 13.1 Å². The van der Waals surface area contributed by atoms with E-state index >= 15 is 0 Å². The number of rotatable bonds is 3. The van der Waals surface area contributed by atoms with E-state index in [0.717, 1.165) is 23.6 Å². The third-order valence-electron chi connectivity index (χ3n) is 4.14. The highest BCUT2D eigenvalue weighted by atomic mass is 35.5. The molecule has 1 amide bonds. The Morgan fingerprint density at radius 1 is 1.32 bits per heavy atom. The van der Waals surface area contributed by atoms with Crippen LogP contribution >= 0.6 is 35.0 Å². The molecule has 22 heavy (non-hydrogen) atoms. The Morgan fingerprint density at radius 2 is 2.09 bits per heavy atom. The van der Waals surface area contributed by atoms with Gasteiger partial charge in [-0.15, -0.1) is 0 Å². The second-order valence-corrected chi connectivity index (χ2v) is 7.45. The maximum atomic E-state index is 12.6. The van der Waals surface area contributed by atoms with Crippen LogP contribution in [-0.4, -0.2) is 29.1 Å². The van der Waals surface area contributed by atoms with E-state index in [9.17, 15) is 4.79 Å². The fourth-order valence-corrected chi connectivity index (χ4v) is 4.54. The molecule has 1 saturated carbocycles. The summed E-state index contributed by atoms with van der Waals surface area (Å²) in [4.78, 5) is 18.9. The molecule has 0 unspecified atom stereocenters. The SMILES string of the molecule is O=C(C1CCCC1)N1CCN=C1SCc1ccc(Cl)cc1Cl. The monoisotopic (exact) mass is 356 g/mol. The van der Waals surface area contributed by atoms with Gasteiger partial charge in [0.05, 0.1) is 6.54 Å². The first-order valence-electron chi connectivity index (χ1n) is 7.57. The molecule has 0 saturated heterocycles. The quantitative estimate of drug-likeness (QED) is 0.791. The third kappa shape index (κ3) is 3.61. The van der Waals surface area contributed by atoms with Gasteiger partial charge < -0.3 is 0 Å². The number of carbonyl (C=O) groups excluding carboxylic acids is 1. The molecule has 118 valence electrons. The Labute approximate surface area is 145 Å². The number of carbonyl (C=O) groups is 1. The lowest BCUT2D eigenvalue weighted by molar-refractivity contribution is -0.130. The molecule has 1 aliphatic heterocycles. The molecule has 1 aromatic carbocycles. The summed E-state index contributed by atoms with van der Waals surface area (Å²) in [5.41, 5.74) is 1.01. The molecule has 0 aromatic heterocycles. The molecule has 1 aromatic rings. The number of amides is 1. The van der Waals surface area contributed by atoms with Gasteiger partial charge in [0.1, 0.15) is 0 Å². The molecular weight excluding hydrogens is 339 g/mol. The number of thioether (sulfide) groups is 1. The highest BCUT2D eigenvalue weighted by Crippen LogP contribution is 2.30. The normalized spacial score (nSPS) is 18.8. The smallest absolute Gasteiger partial charge is 0.231 e. The molecule has 3 nitrogen and oxygen atoms in total. The van der Waals surface area contributed by atoms with Crippen molar-refractivity contribution in [1.82, 2.24) is 4.90 Å². The van der Waals surface area contributed by atoms with Gasteiger partial charge in [-0.05, 0) is 30.5 Å². The van der Waals surface area contributed by atoms with E-state index in [2.05, 4.69) is 4.99 Å². The number of nitrogens with zero attached hydrogens (tertiary/aromatic N) is 2. The molecule has 0 atom stereocenters. The fraction of sp³-hybridized carbons (Fsp3) is 0.500. The lowest BCUT2D eigenvalue weighted by atomic mass is 10.1. The summed E-state index contributed by atoms with van der Waals surface area (Å²) in [6.07, 6.45) is 4.39. The van der Waals surface area contributed by atoms with Crippen molar-refractivity contribution in [3.63, 3.8) is 0 Å². The first-order chi connectivity index (χ1) is 10.6. The standard InChI is InChI=1S/C16H18Cl2N2OS/c17-13-6-5-12(14(18)9-13)10-22-16-19-7-8-20(16)15(21)11-3-1-2-4-11/h5-6,9,11H,1-4,7-8,10H2. The van der Waals surface area contributed by atoms with E-state index in [1.165, 1.54) is 12.8 Å². The van der Waals surface area contributed by atoms with Crippen LogP contribution in [0, 0.1) is 5.92 Å². The minimum absolute atomic E-state index is 0.197. The van der Waals surface area contributed by atoms with Gasteiger partial charge in [0.25, 0.3) is 0 Å². The molecule has 1 fully saturated rings. The zero-order chi connectivity index (χ0) is 15.5. The first-order valence-corrected chi connectivity index (χ1v) is 9.32. The van der Waals surface area contributed by atoms with Crippen LogP contribution in [0.2, 0.25) is 10.0 Å². The molecular formula is C16H18Cl2N2OS. The maximum Gasteiger partial charge on any atom is 0.231 e. The van der Waals surface area contributed by atoms with Crippen LogP contribution in [-0.2, 0) is 10.5 Å². The molecule has 1 aliphatic carbocycles. The summed E-state index contributed by atoms with van der Waals surface area (Å²) in [6, 6.07) is 5.51. The minimum atomic E-state index is 0.197. The van der Waals surface area contributed by atoms with E-state index in [1.807, 2.05) is 17.0 Å². The van der Waals surface area contributed by atoms with Crippen LogP contribution in [0.4, 0.5) is 0 Å². The number of aliphatic imine (C=N–C) groups is 1. The topological polar surface area (TPSA) is 32.7 Å². The lowest BCUT2D eigenvalue weighted by Crippen LogP contribution is -2.36. The van der Waals surface area contributed by atoms with Gasteiger partial charge in [0, 0.05) is 28.3 Å². The van der Waals surface area contributed by atoms with Crippen molar-refractivity contribution in [3.8, 4) is 0 Å². The predicted octanol–water partition coefficient (Wildman–Crippen LogP) is 4.62. The maximum absolute atomic E-state index is 12.6. The van der Waals surface area contributed by atoms with Gasteiger partial charge in [-0.1, -0.05) is 53.9 Å². The number of halogens is 2. The van der Waals surface area contributed by atoms with Crippen LogP contribution < -0.4 is 0 Å². The Bertz CT molecular complexity index is 600. The van der Waals surface area contributed by atoms with Crippen molar-refractivity contribution in [2.45, 2.75) is 31.4 Å². The number of amidine groups is 1. The van der Waals surface area contributed by atoms with Gasteiger partial charge in [0.15, 0.2) is 5.17 Å². The summed E-state index contributed by atoms with van der Waals surface area (Å²) < 4.78 is 0. The zero-order valence-electron chi connectivity index (χ0n) is 12.2. The Kier molecular flexibility index (Phi) is 5.32. The average molecular weight is 357 g/mol. The molecule has 6 heteroatoms. The van der Waals surface area contributed by atoms with Crippen LogP contribution in [0.1, 0.15) is 31.2 Å². The van der Waals surface area contributed by atoms with Crippen LogP contribution in [0.25, 0.3) is 0 Å². The first kappa shape index (κ1) is 16.2. The van der Waals surface area contributed by atoms with E-state index in [0.29, 0.717) is 28.9 Å². The van der Waals surface area contributed by atoms with Crippen molar-refractivity contribution in [2.24, 2.45) is 10.9 Å². The average Bonchev–Trinajstić information content (AvgIpc) is 3.17. The summed E-state index contributed by atoms with van der Waals surface area (Å²) >= 11 is 13.7. The summed E-state index contributed by atoms with van der Waals surface area (Å²) in [6.45, 7) is 1.42. The predicted molar refractivity (Wildman–Crippen MR) is 93.7 cm³/mol. The number of benzene rings is 1. The Morgan fingerprint density at radius 3 is 2.82 bits per heavy atom. The van der Waals surface area contributed by atoms with E-state index in [4.69, 9.17) is 23.2 Å². The van der Waals surface area contributed by atoms with E-state index < -0.39 is 0 Å². The summed E-state index contributed by atoms with van der Waals surface area (Å²) in [7, 11) is 0. The van der Waals surface area contributed by atoms with Gasteiger partial charge in [-0.2, -0.15) is 0 Å². The summed E-state index contributed by atoms with van der Waals surface area (Å²) in [5.74, 6) is 1.15. The second-order valence-electron chi connectivity index (χ2n) is 5.66. The Balaban J connectivity index is 1.62. The number of hydrogen-bond donors (Lipinski definition) is 0. The van der Waals surface area contributed by atoms with Gasteiger partial charge in [-0.25, -0.2) is 0 Å². The second kappa shape index (κ2) is 7.24. The molecule has 0 spiro atoms.